The van der Waals surface area contributed by atoms with E-state index in [1.54, 1.807) is 30.0 Å². The molecular formula is C24H28N2O9. The number of Topliss-reactive ketones (excluding diaryl/α,β-unsaturated/α-hetero) is 1. The van der Waals surface area contributed by atoms with Crippen LogP contribution in [-0.2, 0) is 28.5 Å². The van der Waals surface area contributed by atoms with Crippen molar-refractivity contribution in [3.8, 4) is 5.75 Å². The number of piperidine rings is 1. The molecule has 0 aromatic heterocycles. The number of methoxy groups -OCH3 is 2. The molecule has 1 fully saturated rings. The second-order valence-electron chi connectivity index (χ2n) is 8.47. The molecule has 11 nitrogen and oxygen atoms in total. The SMILES string of the molecule is CCOC(=O)N1CCC2(CC1)CC(=O)c1cc(N3COCC(C(=O)OC)=C3C(=O)OC)ccc1O2. The molecule has 3 aliphatic heterocycles. The van der Waals surface area contributed by atoms with E-state index in [2.05, 4.69) is 0 Å². The molecule has 1 saturated heterocycles. The van der Waals surface area contributed by atoms with Gasteiger partial charge in [-0.15, -0.1) is 0 Å². The van der Waals surface area contributed by atoms with Crippen molar-refractivity contribution in [3.05, 3.63) is 35.0 Å². The molecule has 1 amide bonds. The normalized spacial score (nSPS) is 19.1. The van der Waals surface area contributed by atoms with Crippen LogP contribution < -0.4 is 9.64 Å². The fraction of sp³-hybridized carbons (Fsp3) is 0.500. The predicted molar refractivity (Wildman–Crippen MR) is 121 cm³/mol. The van der Waals surface area contributed by atoms with E-state index in [9.17, 15) is 19.2 Å². The van der Waals surface area contributed by atoms with Crippen LogP contribution in [0.3, 0.4) is 0 Å². The van der Waals surface area contributed by atoms with Crippen LogP contribution in [-0.4, -0.2) is 81.6 Å². The molecule has 0 atom stereocenters. The zero-order chi connectivity index (χ0) is 25.2. The standard InChI is InChI=1S/C24H28N2O9/c1-4-34-23(30)25-9-7-24(8-10-25)12-18(27)16-11-15(5-6-19(16)35-24)26-14-33-13-17(21(28)31-2)20(26)22(29)32-3/h5-6,11H,4,7-10,12-14H2,1-3H3. The van der Waals surface area contributed by atoms with Gasteiger partial charge < -0.3 is 33.5 Å². The fourth-order valence-electron chi connectivity index (χ4n) is 4.59. The molecule has 4 rings (SSSR count). The minimum absolute atomic E-state index is 0.00228. The Morgan fingerprint density at radius 2 is 1.80 bits per heavy atom. The van der Waals surface area contributed by atoms with Gasteiger partial charge in [0.15, 0.2) is 5.78 Å². The number of carbonyl (C=O) groups excluding carboxylic acids is 4. The van der Waals surface area contributed by atoms with Gasteiger partial charge in [-0.25, -0.2) is 14.4 Å². The van der Waals surface area contributed by atoms with Crippen molar-refractivity contribution >= 4 is 29.5 Å². The predicted octanol–water partition coefficient (Wildman–Crippen LogP) is 2.04. The lowest BCUT2D eigenvalue weighted by atomic mass is 9.82. The number of hydrogen-bond acceptors (Lipinski definition) is 10. The Labute approximate surface area is 202 Å². The summed E-state index contributed by atoms with van der Waals surface area (Å²) in [6.07, 6.45) is 0.829. The number of esters is 2. The van der Waals surface area contributed by atoms with Gasteiger partial charge in [-0.1, -0.05) is 0 Å². The number of rotatable bonds is 4. The molecule has 1 aromatic carbocycles. The Balaban J connectivity index is 1.59. The Morgan fingerprint density at radius 1 is 1.09 bits per heavy atom. The maximum Gasteiger partial charge on any atom is 0.409 e. The van der Waals surface area contributed by atoms with Crippen LogP contribution in [0.2, 0.25) is 0 Å². The molecule has 0 saturated carbocycles. The van der Waals surface area contributed by atoms with Crippen molar-refractivity contribution in [1.29, 1.82) is 0 Å². The third-order valence-corrected chi connectivity index (χ3v) is 6.42. The van der Waals surface area contributed by atoms with Crippen molar-refractivity contribution in [2.75, 3.05) is 52.2 Å². The summed E-state index contributed by atoms with van der Waals surface area (Å²) in [5.74, 6) is -1.10. The summed E-state index contributed by atoms with van der Waals surface area (Å²) in [5, 5.41) is 0. The first kappa shape index (κ1) is 24.5. The smallest absolute Gasteiger partial charge is 0.409 e. The summed E-state index contributed by atoms with van der Waals surface area (Å²) in [7, 11) is 2.43. The van der Waals surface area contributed by atoms with Crippen LogP contribution in [0.25, 0.3) is 0 Å². The number of anilines is 1. The van der Waals surface area contributed by atoms with Gasteiger partial charge >= 0.3 is 18.0 Å². The number of nitrogens with zero attached hydrogens (tertiary/aromatic N) is 2. The van der Waals surface area contributed by atoms with Crippen LogP contribution in [0.4, 0.5) is 10.5 Å². The molecule has 0 aliphatic carbocycles. The van der Waals surface area contributed by atoms with Crippen LogP contribution in [0.5, 0.6) is 5.75 Å². The van der Waals surface area contributed by atoms with Crippen molar-refractivity contribution in [1.82, 2.24) is 4.90 Å². The number of benzene rings is 1. The number of ether oxygens (including phenoxy) is 5. The second-order valence-corrected chi connectivity index (χ2v) is 8.47. The summed E-state index contributed by atoms with van der Waals surface area (Å²) >= 11 is 0. The third-order valence-electron chi connectivity index (χ3n) is 6.42. The molecule has 188 valence electrons. The average molecular weight is 488 g/mol. The highest BCUT2D eigenvalue weighted by molar-refractivity contribution is 6.04. The number of likely N-dealkylation sites (tertiary alicyclic amines) is 1. The van der Waals surface area contributed by atoms with Crippen molar-refractivity contribution < 1.29 is 42.9 Å². The Hall–Kier alpha value is -3.60. The van der Waals surface area contributed by atoms with Gasteiger partial charge in [0.25, 0.3) is 0 Å². The lowest BCUT2D eigenvalue weighted by molar-refractivity contribution is -0.140. The van der Waals surface area contributed by atoms with Gasteiger partial charge in [-0.05, 0) is 25.1 Å². The van der Waals surface area contributed by atoms with Gasteiger partial charge in [0, 0.05) is 31.6 Å². The zero-order valence-electron chi connectivity index (χ0n) is 20.0. The summed E-state index contributed by atoms with van der Waals surface area (Å²) in [6, 6.07) is 4.97. The quantitative estimate of drug-likeness (QED) is 0.460. The van der Waals surface area contributed by atoms with Crippen molar-refractivity contribution in [2.24, 2.45) is 0 Å². The number of amides is 1. The first-order chi connectivity index (χ1) is 16.8. The van der Waals surface area contributed by atoms with Gasteiger partial charge in [0.2, 0.25) is 0 Å². The van der Waals surface area contributed by atoms with E-state index in [4.69, 9.17) is 23.7 Å². The fourth-order valence-corrected chi connectivity index (χ4v) is 4.59. The molecule has 1 spiro atoms. The lowest BCUT2D eigenvalue weighted by Crippen LogP contribution is -2.52. The number of carbonyl (C=O) groups is 4. The highest BCUT2D eigenvalue weighted by Crippen LogP contribution is 2.41. The number of hydrogen-bond donors (Lipinski definition) is 0. The zero-order valence-corrected chi connectivity index (χ0v) is 20.0. The highest BCUT2D eigenvalue weighted by Gasteiger charge is 2.44. The molecule has 35 heavy (non-hydrogen) atoms. The van der Waals surface area contributed by atoms with Crippen LogP contribution in [0.15, 0.2) is 29.5 Å². The van der Waals surface area contributed by atoms with E-state index in [1.807, 2.05) is 0 Å². The van der Waals surface area contributed by atoms with Crippen molar-refractivity contribution in [2.45, 2.75) is 31.8 Å². The second kappa shape index (κ2) is 9.95. The molecule has 3 aliphatic rings. The molecule has 0 N–H and O–H groups in total. The number of fused-ring (bicyclic) bond motifs is 1. The minimum Gasteiger partial charge on any atom is -0.486 e. The minimum atomic E-state index is -0.721. The third kappa shape index (κ3) is 4.68. The van der Waals surface area contributed by atoms with E-state index in [0.717, 1.165) is 0 Å². The largest absolute Gasteiger partial charge is 0.486 e. The highest BCUT2D eigenvalue weighted by atomic mass is 16.6. The summed E-state index contributed by atoms with van der Waals surface area (Å²) in [5.41, 5.74) is 0.180. The van der Waals surface area contributed by atoms with Gasteiger partial charge in [-0.2, -0.15) is 0 Å². The topological polar surface area (TPSA) is 121 Å². The molecule has 3 heterocycles. The molecule has 0 unspecified atom stereocenters. The first-order valence-corrected chi connectivity index (χ1v) is 11.4. The first-order valence-electron chi connectivity index (χ1n) is 11.4. The van der Waals surface area contributed by atoms with E-state index >= 15 is 0 Å². The van der Waals surface area contributed by atoms with E-state index in [0.29, 0.717) is 49.5 Å². The van der Waals surface area contributed by atoms with Gasteiger partial charge in [0.1, 0.15) is 23.8 Å². The molecule has 1 aromatic rings. The lowest BCUT2D eigenvalue weighted by Gasteiger charge is -2.43. The molecule has 0 bridgehead atoms. The Morgan fingerprint density at radius 3 is 2.46 bits per heavy atom. The van der Waals surface area contributed by atoms with E-state index < -0.39 is 17.5 Å². The van der Waals surface area contributed by atoms with E-state index in [-0.39, 0.29) is 42.9 Å². The van der Waals surface area contributed by atoms with Crippen molar-refractivity contribution in [3.63, 3.8) is 0 Å². The Bertz CT molecular complexity index is 1070. The summed E-state index contributed by atoms with van der Waals surface area (Å²) < 4.78 is 26.6. The van der Waals surface area contributed by atoms with Gasteiger partial charge in [-0.3, -0.25) is 4.79 Å². The number of ketones is 1. The van der Waals surface area contributed by atoms with E-state index in [1.165, 1.54) is 19.1 Å². The molecule has 0 radical (unpaired) electrons. The molecular weight excluding hydrogens is 460 g/mol. The average Bonchev–Trinajstić information content (AvgIpc) is 2.87. The maximum atomic E-state index is 13.2. The van der Waals surface area contributed by atoms with Crippen LogP contribution >= 0.6 is 0 Å². The maximum absolute atomic E-state index is 13.2. The van der Waals surface area contributed by atoms with Crippen LogP contribution in [0, 0.1) is 0 Å². The summed E-state index contributed by atoms with van der Waals surface area (Å²) in [4.78, 5) is 53.1. The Kier molecular flexibility index (Phi) is 6.97. The van der Waals surface area contributed by atoms with Gasteiger partial charge in [0.05, 0.1) is 45.0 Å². The molecule has 11 heteroatoms. The monoisotopic (exact) mass is 488 g/mol. The van der Waals surface area contributed by atoms with Crippen LogP contribution in [0.1, 0.15) is 36.5 Å². The summed E-state index contributed by atoms with van der Waals surface area (Å²) in [6.45, 7) is 2.82.